The molecule has 1 N–H and O–H groups in total. The molecule has 0 unspecified atom stereocenters. The molecule has 3 aromatic carbocycles. The second-order valence-electron chi connectivity index (χ2n) is 6.62. The molecule has 0 bridgehead atoms. The molecule has 1 aromatic heterocycles. The number of carbonyl (C=O) groups excluding carboxylic acids is 1. The van der Waals surface area contributed by atoms with E-state index in [1.54, 1.807) is 6.33 Å². The van der Waals surface area contributed by atoms with Gasteiger partial charge in [-0.1, -0.05) is 48.9 Å². The number of nitrogens with zero attached hydrogens (tertiary/aromatic N) is 2. The molecule has 1 amide bonds. The number of aromatic nitrogens is 2. The van der Waals surface area contributed by atoms with E-state index in [2.05, 4.69) is 41.5 Å². The van der Waals surface area contributed by atoms with Crippen LogP contribution in [-0.2, 0) is 13.0 Å². The Bertz CT molecular complexity index is 1150. The van der Waals surface area contributed by atoms with Gasteiger partial charge in [-0.3, -0.25) is 9.36 Å². The highest BCUT2D eigenvalue weighted by molar-refractivity contribution is 6.31. The van der Waals surface area contributed by atoms with Crippen molar-refractivity contribution in [1.82, 2.24) is 14.9 Å². The number of hydrogen-bond donors (Lipinski definition) is 1. The van der Waals surface area contributed by atoms with Crippen LogP contribution in [0.1, 0.15) is 28.4 Å². The first-order valence-electron chi connectivity index (χ1n) is 9.23. The lowest BCUT2D eigenvalue weighted by Gasteiger charge is -2.08. The summed E-state index contributed by atoms with van der Waals surface area (Å²) >= 11 is 6.15. The van der Waals surface area contributed by atoms with Crippen molar-refractivity contribution in [2.45, 2.75) is 19.9 Å². The topological polar surface area (TPSA) is 46.9 Å². The van der Waals surface area contributed by atoms with E-state index in [1.807, 2.05) is 47.0 Å². The number of amides is 1. The molecule has 4 nitrogen and oxygen atoms in total. The van der Waals surface area contributed by atoms with Crippen molar-refractivity contribution < 1.29 is 4.79 Å². The zero-order chi connectivity index (χ0) is 19.5. The fraction of sp³-hybridized carbons (Fsp3) is 0.130. The zero-order valence-electron chi connectivity index (χ0n) is 15.5. The molecule has 0 radical (unpaired) electrons. The zero-order valence-corrected chi connectivity index (χ0v) is 16.3. The van der Waals surface area contributed by atoms with Gasteiger partial charge in [-0.15, -0.1) is 0 Å². The molecule has 0 saturated carbocycles. The van der Waals surface area contributed by atoms with Gasteiger partial charge in [0.05, 0.1) is 11.0 Å². The van der Waals surface area contributed by atoms with Crippen molar-refractivity contribution in [3.05, 3.63) is 94.8 Å². The summed E-state index contributed by atoms with van der Waals surface area (Å²) in [4.78, 5) is 17.0. The van der Waals surface area contributed by atoms with Gasteiger partial charge in [-0.25, -0.2) is 4.98 Å². The quantitative estimate of drug-likeness (QED) is 0.511. The van der Waals surface area contributed by atoms with Crippen LogP contribution in [0.5, 0.6) is 0 Å². The summed E-state index contributed by atoms with van der Waals surface area (Å²) in [5.74, 6) is -0.149. The highest BCUT2D eigenvalue weighted by Crippen LogP contribution is 2.21. The van der Waals surface area contributed by atoms with Gasteiger partial charge in [0.25, 0.3) is 5.91 Å². The van der Waals surface area contributed by atoms with Crippen LogP contribution < -0.4 is 5.32 Å². The van der Waals surface area contributed by atoms with Gasteiger partial charge in [-0.2, -0.15) is 0 Å². The fourth-order valence-corrected chi connectivity index (χ4v) is 3.41. The first kappa shape index (κ1) is 18.3. The van der Waals surface area contributed by atoms with E-state index in [9.17, 15) is 4.79 Å². The Morgan fingerprint density at radius 3 is 2.75 bits per heavy atom. The monoisotopic (exact) mass is 389 g/mol. The molecule has 5 heteroatoms. The predicted molar refractivity (Wildman–Crippen MR) is 113 cm³/mol. The van der Waals surface area contributed by atoms with Gasteiger partial charge in [0.2, 0.25) is 0 Å². The molecule has 0 saturated heterocycles. The second kappa shape index (κ2) is 7.87. The largest absolute Gasteiger partial charge is 0.348 e. The standard InChI is InChI=1S/C23H20ClN3O/c1-2-16-6-5-8-19(12-16)27-15-26-21-13-17(10-11-22(21)27)23(28)25-14-18-7-3-4-9-20(18)24/h3-13,15H,2,14H2,1H3,(H,25,28). The maximum atomic E-state index is 12.5. The normalized spacial score (nSPS) is 10.9. The molecule has 4 rings (SSSR count). The van der Waals surface area contributed by atoms with E-state index in [4.69, 9.17) is 11.6 Å². The fourth-order valence-electron chi connectivity index (χ4n) is 3.21. The van der Waals surface area contributed by atoms with E-state index in [0.717, 1.165) is 28.7 Å². The van der Waals surface area contributed by atoms with Crippen molar-refractivity contribution in [2.24, 2.45) is 0 Å². The van der Waals surface area contributed by atoms with Crippen LogP contribution in [0.3, 0.4) is 0 Å². The van der Waals surface area contributed by atoms with Crippen molar-refractivity contribution in [3.63, 3.8) is 0 Å². The molecule has 0 fully saturated rings. The van der Waals surface area contributed by atoms with Crippen LogP contribution in [-0.4, -0.2) is 15.5 Å². The lowest BCUT2D eigenvalue weighted by Crippen LogP contribution is -2.22. The number of halogens is 1. The molecule has 1 heterocycles. The van der Waals surface area contributed by atoms with Crippen LogP contribution >= 0.6 is 11.6 Å². The highest BCUT2D eigenvalue weighted by atomic mass is 35.5. The van der Waals surface area contributed by atoms with Crippen LogP contribution in [0.4, 0.5) is 0 Å². The Balaban J connectivity index is 1.57. The Morgan fingerprint density at radius 2 is 1.93 bits per heavy atom. The Kier molecular flexibility index (Phi) is 5.13. The molecule has 0 aliphatic heterocycles. The van der Waals surface area contributed by atoms with Gasteiger partial charge >= 0.3 is 0 Å². The number of rotatable bonds is 5. The molecule has 28 heavy (non-hydrogen) atoms. The van der Waals surface area contributed by atoms with E-state index >= 15 is 0 Å². The van der Waals surface area contributed by atoms with Gasteiger partial charge in [0.1, 0.15) is 6.33 Å². The van der Waals surface area contributed by atoms with Gasteiger partial charge in [0.15, 0.2) is 0 Å². The number of nitrogens with one attached hydrogen (secondary N) is 1. The number of fused-ring (bicyclic) bond motifs is 1. The maximum absolute atomic E-state index is 12.5. The SMILES string of the molecule is CCc1cccc(-n2cnc3cc(C(=O)NCc4ccccc4Cl)ccc32)c1. The summed E-state index contributed by atoms with van der Waals surface area (Å²) in [6.45, 7) is 2.52. The summed E-state index contributed by atoms with van der Waals surface area (Å²) in [6, 6.07) is 21.5. The van der Waals surface area contributed by atoms with Crippen LogP contribution in [0.15, 0.2) is 73.1 Å². The molecule has 0 aliphatic carbocycles. The molecular weight excluding hydrogens is 370 g/mol. The van der Waals surface area contributed by atoms with Crippen molar-refractivity contribution >= 4 is 28.5 Å². The summed E-state index contributed by atoms with van der Waals surface area (Å²) in [5, 5.41) is 3.56. The van der Waals surface area contributed by atoms with Gasteiger partial charge < -0.3 is 5.32 Å². The summed E-state index contributed by atoms with van der Waals surface area (Å²) < 4.78 is 2.04. The minimum atomic E-state index is -0.149. The Labute approximate surface area is 168 Å². The molecule has 0 aliphatic rings. The average Bonchev–Trinajstić information content (AvgIpc) is 3.16. The first-order chi connectivity index (χ1) is 13.7. The minimum Gasteiger partial charge on any atom is -0.348 e. The number of benzene rings is 3. The molecule has 140 valence electrons. The van der Waals surface area contributed by atoms with Crippen molar-refractivity contribution in [3.8, 4) is 5.69 Å². The predicted octanol–water partition coefficient (Wildman–Crippen LogP) is 5.17. The van der Waals surface area contributed by atoms with E-state index in [1.165, 1.54) is 5.56 Å². The lowest BCUT2D eigenvalue weighted by atomic mass is 10.1. The number of imidazole rings is 1. The second-order valence-corrected chi connectivity index (χ2v) is 7.02. The van der Waals surface area contributed by atoms with Gasteiger partial charge in [-0.05, 0) is 53.9 Å². The number of carbonyl (C=O) groups is 1. The Morgan fingerprint density at radius 1 is 1.07 bits per heavy atom. The van der Waals surface area contributed by atoms with Crippen molar-refractivity contribution in [1.29, 1.82) is 0 Å². The number of hydrogen-bond acceptors (Lipinski definition) is 2. The highest BCUT2D eigenvalue weighted by Gasteiger charge is 2.11. The molecule has 0 atom stereocenters. The van der Waals surface area contributed by atoms with Gasteiger partial charge in [0, 0.05) is 22.8 Å². The van der Waals surface area contributed by atoms with E-state index in [-0.39, 0.29) is 5.91 Å². The van der Waals surface area contributed by atoms with Crippen LogP contribution in [0.25, 0.3) is 16.7 Å². The summed E-state index contributed by atoms with van der Waals surface area (Å²) in [7, 11) is 0. The minimum absolute atomic E-state index is 0.149. The lowest BCUT2D eigenvalue weighted by molar-refractivity contribution is 0.0951. The van der Waals surface area contributed by atoms with E-state index in [0.29, 0.717) is 17.1 Å². The summed E-state index contributed by atoms with van der Waals surface area (Å²) in [6.07, 6.45) is 2.78. The number of aryl methyl sites for hydroxylation is 1. The smallest absolute Gasteiger partial charge is 0.251 e. The van der Waals surface area contributed by atoms with Crippen molar-refractivity contribution in [2.75, 3.05) is 0 Å². The van der Waals surface area contributed by atoms with Crippen LogP contribution in [0.2, 0.25) is 5.02 Å². The molecule has 0 spiro atoms. The molecule has 4 aromatic rings. The Hall–Kier alpha value is -3.11. The van der Waals surface area contributed by atoms with E-state index < -0.39 is 0 Å². The summed E-state index contributed by atoms with van der Waals surface area (Å²) in [5.41, 5.74) is 5.56. The maximum Gasteiger partial charge on any atom is 0.251 e. The van der Waals surface area contributed by atoms with Crippen LogP contribution in [0, 0.1) is 0 Å². The third kappa shape index (κ3) is 3.64. The third-order valence-corrected chi connectivity index (χ3v) is 5.17. The third-order valence-electron chi connectivity index (χ3n) is 4.80. The average molecular weight is 390 g/mol. The molecular formula is C23H20ClN3O. The first-order valence-corrected chi connectivity index (χ1v) is 9.61.